The smallest absolute Gasteiger partial charge is 0.414 e. The fourth-order valence-corrected chi connectivity index (χ4v) is 2.06. The van der Waals surface area contributed by atoms with E-state index >= 15 is 0 Å². The Morgan fingerprint density at radius 2 is 2.21 bits per heavy atom. The minimum Gasteiger partial charge on any atom is -0.497 e. The molecular formula is C13H18N2O4. The van der Waals surface area contributed by atoms with Gasteiger partial charge in [0.25, 0.3) is 0 Å². The first-order chi connectivity index (χ1) is 9.19. The predicted octanol–water partition coefficient (Wildman–Crippen LogP) is 1.38. The number of methoxy groups -OCH3 is 2. The summed E-state index contributed by atoms with van der Waals surface area (Å²) >= 11 is 0. The van der Waals surface area contributed by atoms with Gasteiger partial charge in [-0.05, 0) is 25.1 Å². The summed E-state index contributed by atoms with van der Waals surface area (Å²) in [4.78, 5) is 13.4. The fraction of sp³-hybridized carbons (Fsp3) is 0.462. The molecule has 1 fully saturated rings. The van der Waals surface area contributed by atoms with Crippen LogP contribution in [0.25, 0.3) is 0 Å². The van der Waals surface area contributed by atoms with Gasteiger partial charge in [-0.3, -0.25) is 4.90 Å². The van der Waals surface area contributed by atoms with Gasteiger partial charge in [-0.1, -0.05) is 0 Å². The van der Waals surface area contributed by atoms with Crippen LogP contribution in [-0.4, -0.2) is 39.5 Å². The zero-order valence-corrected chi connectivity index (χ0v) is 11.1. The van der Waals surface area contributed by atoms with Crippen molar-refractivity contribution in [2.24, 2.45) is 5.73 Å². The molecule has 1 unspecified atom stereocenters. The highest BCUT2D eigenvalue weighted by molar-refractivity contribution is 5.92. The summed E-state index contributed by atoms with van der Waals surface area (Å²) < 4.78 is 15.7. The van der Waals surface area contributed by atoms with Crippen molar-refractivity contribution >= 4 is 11.8 Å². The summed E-state index contributed by atoms with van der Waals surface area (Å²) in [5.74, 6) is 1.26. The van der Waals surface area contributed by atoms with Crippen LogP contribution < -0.4 is 20.1 Å². The SMILES string of the molecule is COc1ccc(OC)c(N2CC(CCN)OC2=O)c1. The summed E-state index contributed by atoms with van der Waals surface area (Å²) in [5.41, 5.74) is 6.13. The molecule has 1 heterocycles. The molecule has 1 aliphatic rings. The summed E-state index contributed by atoms with van der Waals surface area (Å²) in [7, 11) is 3.13. The number of carbonyl (C=O) groups excluding carboxylic acids is 1. The molecule has 1 aliphatic heterocycles. The monoisotopic (exact) mass is 266 g/mol. The van der Waals surface area contributed by atoms with Crippen molar-refractivity contribution in [2.45, 2.75) is 12.5 Å². The van der Waals surface area contributed by atoms with Crippen molar-refractivity contribution < 1.29 is 19.0 Å². The van der Waals surface area contributed by atoms with Crippen molar-refractivity contribution in [3.8, 4) is 11.5 Å². The maximum Gasteiger partial charge on any atom is 0.414 e. The van der Waals surface area contributed by atoms with Gasteiger partial charge in [-0.25, -0.2) is 4.79 Å². The van der Waals surface area contributed by atoms with Crippen LogP contribution in [0.2, 0.25) is 0 Å². The van der Waals surface area contributed by atoms with Crippen LogP contribution in [0.5, 0.6) is 11.5 Å². The maximum atomic E-state index is 11.9. The summed E-state index contributed by atoms with van der Waals surface area (Å²) in [6.45, 7) is 0.959. The minimum absolute atomic E-state index is 0.173. The van der Waals surface area contributed by atoms with Gasteiger partial charge >= 0.3 is 6.09 Å². The number of nitrogens with zero attached hydrogens (tertiary/aromatic N) is 1. The van der Waals surface area contributed by atoms with Crippen LogP contribution in [-0.2, 0) is 4.74 Å². The Balaban J connectivity index is 2.27. The molecule has 2 N–H and O–H groups in total. The lowest BCUT2D eigenvalue weighted by Crippen LogP contribution is -2.25. The lowest BCUT2D eigenvalue weighted by atomic mass is 10.2. The molecule has 0 aliphatic carbocycles. The van der Waals surface area contributed by atoms with Crippen LogP contribution in [0, 0.1) is 0 Å². The first kappa shape index (κ1) is 13.5. The largest absolute Gasteiger partial charge is 0.497 e. The van der Waals surface area contributed by atoms with E-state index in [1.807, 2.05) is 0 Å². The highest BCUT2D eigenvalue weighted by Gasteiger charge is 2.33. The first-order valence-corrected chi connectivity index (χ1v) is 6.09. The van der Waals surface area contributed by atoms with Crippen LogP contribution in [0.1, 0.15) is 6.42 Å². The average molecular weight is 266 g/mol. The highest BCUT2D eigenvalue weighted by Crippen LogP contribution is 2.35. The van der Waals surface area contributed by atoms with Crippen molar-refractivity contribution in [3.63, 3.8) is 0 Å². The van der Waals surface area contributed by atoms with Crippen LogP contribution in [0.15, 0.2) is 18.2 Å². The highest BCUT2D eigenvalue weighted by atomic mass is 16.6. The second-order valence-electron chi connectivity index (χ2n) is 4.23. The van der Waals surface area contributed by atoms with Gasteiger partial charge in [0, 0.05) is 6.07 Å². The molecule has 6 heteroatoms. The van der Waals surface area contributed by atoms with E-state index in [1.54, 1.807) is 37.3 Å². The topological polar surface area (TPSA) is 74.0 Å². The first-order valence-electron chi connectivity index (χ1n) is 6.09. The lowest BCUT2D eigenvalue weighted by Gasteiger charge is -2.17. The molecule has 2 rings (SSSR count). The maximum absolute atomic E-state index is 11.9. The van der Waals surface area contributed by atoms with Gasteiger partial charge in [0.2, 0.25) is 0 Å². The molecule has 1 amide bonds. The Morgan fingerprint density at radius 1 is 1.42 bits per heavy atom. The third-order valence-corrected chi connectivity index (χ3v) is 3.04. The Labute approximate surface area is 112 Å². The fourth-order valence-electron chi connectivity index (χ4n) is 2.06. The molecule has 0 radical (unpaired) electrons. The third kappa shape index (κ3) is 2.73. The Hall–Kier alpha value is -1.95. The minimum atomic E-state index is -0.384. The second kappa shape index (κ2) is 5.79. The van der Waals surface area contributed by atoms with Gasteiger partial charge in [0.15, 0.2) is 0 Å². The normalized spacial score (nSPS) is 18.4. The van der Waals surface area contributed by atoms with Crippen LogP contribution >= 0.6 is 0 Å². The average Bonchev–Trinajstić information content (AvgIpc) is 2.79. The van der Waals surface area contributed by atoms with E-state index in [1.165, 1.54) is 0 Å². The Morgan fingerprint density at radius 3 is 2.84 bits per heavy atom. The van der Waals surface area contributed by atoms with Gasteiger partial charge in [-0.15, -0.1) is 0 Å². The molecule has 6 nitrogen and oxygen atoms in total. The molecule has 104 valence electrons. The van der Waals surface area contributed by atoms with Crippen molar-refractivity contribution in [3.05, 3.63) is 18.2 Å². The number of ether oxygens (including phenoxy) is 3. The Bertz CT molecular complexity index is 464. The number of amides is 1. The Kier molecular flexibility index (Phi) is 4.11. The van der Waals surface area contributed by atoms with E-state index in [4.69, 9.17) is 19.9 Å². The quantitative estimate of drug-likeness (QED) is 0.871. The van der Waals surface area contributed by atoms with E-state index in [0.717, 1.165) is 0 Å². The van der Waals surface area contributed by atoms with E-state index in [2.05, 4.69) is 0 Å². The number of benzene rings is 1. The number of carbonyl (C=O) groups is 1. The number of anilines is 1. The molecule has 19 heavy (non-hydrogen) atoms. The molecule has 1 aromatic carbocycles. The van der Waals surface area contributed by atoms with Crippen molar-refractivity contribution in [2.75, 3.05) is 32.2 Å². The zero-order valence-electron chi connectivity index (χ0n) is 11.1. The van der Waals surface area contributed by atoms with E-state index in [9.17, 15) is 4.79 Å². The number of hydrogen-bond donors (Lipinski definition) is 1. The molecule has 1 aromatic rings. The number of hydrogen-bond acceptors (Lipinski definition) is 5. The van der Waals surface area contributed by atoms with Gasteiger partial charge in [0.05, 0.1) is 26.5 Å². The van der Waals surface area contributed by atoms with Gasteiger partial charge in [0.1, 0.15) is 17.6 Å². The van der Waals surface area contributed by atoms with E-state index < -0.39 is 0 Å². The summed E-state index contributed by atoms with van der Waals surface area (Å²) in [6.07, 6.45) is 0.0903. The van der Waals surface area contributed by atoms with Gasteiger partial charge in [-0.2, -0.15) is 0 Å². The molecular weight excluding hydrogens is 248 g/mol. The predicted molar refractivity (Wildman–Crippen MR) is 70.8 cm³/mol. The molecule has 1 atom stereocenters. The lowest BCUT2D eigenvalue weighted by molar-refractivity contribution is 0.138. The van der Waals surface area contributed by atoms with Gasteiger partial charge < -0.3 is 19.9 Å². The van der Waals surface area contributed by atoms with Crippen molar-refractivity contribution in [1.29, 1.82) is 0 Å². The molecule has 0 saturated carbocycles. The van der Waals surface area contributed by atoms with Crippen LogP contribution in [0.3, 0.4) is 0 Å². The molecule has 0 aromatic heterocycles. The third-order valence-electron chi connectivity index (χ3n) is 3.04. The summed E-state index contributed by atoms with van der Waals surface area (Å²) in [5, 5.41) is 0. The number of cyclic esters (lactones) is 1. The van der Waals surface area contributed by atoms with E-state index in [0.29, 0.717) is 36.7 Å². The van der Waals surface area contributed by atoms with E-state index in [-0.39, 0.29) is 12.2 Å². The molecule has 0 spiro atoms. The molecule has 0 bridgehead atoms. The number of rotatable bonds is 5. The molecule has 1 saturated heterocycles. The standard InChI is InChI=1S/C13H18N2O4/c1-17-9-3-4-12(18-2)11(7-9)15-8-10(5-6-14)19-13(15)16/h3-4,7,10H,5-6,8,14H2,1-2H3. The second-order valence-corrected chi connectivity index (χ2v) is 4.23. The summed E-state index contributed by atoms with van der Waals surface area (Å²) in [6, 6.07) is 5.30. The zero-order chi connectivity index (χ0) is 13.8. The number of nitrogens with two attached hydrogens (primary N) is 1. The van der Waals surface area contributed by atoms with Crippen molar-refractivity contribution in [1.82, 2.24) is 0 Å². The van der Waals surface area contributed by atoms with Crippen LogP contribution in [0.4, 0.5) is 10.5 Å².